The van der Waals surface area contributed by atoms with Crippen LogP contribution in [-0.4, -0.2) is 6.69 Å². The molecule has 1 aliphatic heterocycles. The molecule has 0 unspecified atom stereocenters. The Labute approximate surface area is 112 Å². The lowest BCUT2D eigenvalue weighted by molar-refractivity contribution is 1.48. The van der Waals surface area contributed by atoms with E-state index in [1.54, 1.807) is 0 Å². The van der Waals surface area contributed by atoms with Crippen LogP contribution < -0.4 is 10.4 Å². The van der Waals surface area contributed by atoms with Gasteiger partial charge in [0.25, 0.3) is 0 Å². The van der Waals surface area contributed by atoms with Crippen LogP contribution in [0.3, 0.4) is 0 Å². The topological polar surface area (TPSA) is 0 Å². The van der Waals surface area contributed by atoms with Crippen molar-refractivity contribution in [3.63, 3.8) is 0 Å². The van der Waals surface area contributed by atoms with Crippen molar-refractivity contribution in [2.24, 2.45) is 0 Å². The second-order valence-electron chi connectivity index (χ2n) is 4.67. The third-order valence-electron chi connectivity index (χ3n) is 3.32. The van der Waals surface area contributed by atoms with Crippen molar-refractivity contribution in [2.75, 3.05) is 0 Å². The van der Waals surface area contributed by atoms with Crippen LogP contribution in [0, 0.1) is 13.8 Å². The summed E-state index contributed by atoms with van der Waals surface area (Å²) in [6, 6.07) is 12.8. The second kappa shape index (κ2) is 3.61. The fraction of sp³-hybridized carbons (Fsp3) is 0.143. The van der Waals surface area contributed by atoms with Gasteiger partial charge >= 0.3 is 6.69 Å². The summed E-state index contributed by atoms with van der Waals surface area (Å²) in [5.74, 6) is 0. The van der Waals surface area contributed by atoms with Gasteiger partial charge in [0, 0.05) is 0 Å². The van der Waals surface area contributed by atoms with Gasteiger partial charge in [-0.05, 0) is 35.3 Å². The molecular formula is C14H12Cl2Si. The Bertz CT molecular complexity index is 564. The zero-order valence-corrected chi connectivity index (χ0v) is 12.2. The van der Waals surface area contributed by atoms with E-state index in [4.69, 9.17) is 22.2 Å². The molecule has 0 atom stereocenters. The lowest BCUT2D eigenvalue weighted by Crippen LogP contribution is -2.44. The zero-order valence-electron chi connectivity index (χ0n) is 9.72. The summed E-state index contributed by atoms with van der Waals surface area (Å²) >= 11 is 13.4. The van der Waals surface area contributed by atoms with Gasteiger partial charge in [-0.2, -0.15) is 0 Å². The molecule has 1 heterocycles. The third-order valence-corrected chi connectivity index (χ3v) is 7.94. The number of benzene rings is 2. The molecule has 2 aromatic carbocycles. The van der Waals surface area contributed by atoms with Crippen molar-refractivity contribution < 1.29 is 0 Å². The smallest absolute Gasteiger partial charge is 0.134 e. The Morgan fingerprint density at radius 2 is 1.18 bits per heavy atom. The van der Waals surface area contributed by atoms with Crippen LogP contribution >= 0.6 is 22.2 Å². The first-order valence-corrected chi connectivity index (χ1v) is 9.63. The highest BCUT2D eigenvalue weighted by atomic mass is 35.7. The summed E-state index contributed by atoms with van der Waals surface area (Å²) in [5.41, 5.74) is 4.85. The van der Waals surface area contributed by atoms with Crippen molar-refractivity contribution in [3.8, 4) is 11.1 Å². The molecule has 0 N–H and O–H groups in total. The number of fused-ring (bicyclic) bond motifs is 3. The van der Waals surface area contributed by atoms with E-state index in [1.165, 1.54) is 22.3 Å². The molecule has 0 fully saturated rings. The Morgan fingerprint density at radius 3 is 1.59 bits per heavy atom. The normalized spacial score (nSPS) is 15.5. The van der Waals surface area contributed by atoms with Gasteiger partial charge in [-0.25, -0.2) is 0 Å². The Kier molecular flexibility index (Phi) is 2.41. The highest BCUT2D eigenvalue weighted by molar-refractivity contribution is 7.57. The molecule has 2 aromatic rings. The molecule has 0 aliphatic carbocycles. The van der Waals surface area contributed by atoms with Gasteiger partial charge in [-0.15, -0.1) is 22.2 Å². The minimum atomic E-state index is -2.50. The minimum Gasteiger partial charge on any atom is -0.134 e. The summed E-state index contributed by atoms with van der Waals surface area (Å²) in [6.07, 6.45) is 0. The molecular weight excluding hydrogens is 267 g/mol. The van der Waals surface area contributed by atoms with Crippen molar-refractivity contribution in [1.82, 2.24) is 0 Å². The van der Waals surface area contributed by atoms with Crippen molar-refractivity contribution >= 4 is 39.2 Å². The lowest BCUT2D eigenvalue weighted by Gasteiger charge is -2.13. The van der Waals surface area contributed by atoms with E-state index < -0.39 is 6.69 Å². The molecule has 1 aliphatic rings. The molecule has 3 rings (SSSR count). The van der Waals surface area contributed by atoms with E-state index >= 15 is 0 Å². The van der Waals surface area contributed by atoms with Gasteiger partial charge in [0.05, 0.1) is 0 Å². The largest absolute Gasteiger partial charge is 0.311 e. The number of hydrogen-bond donors (Lipinski definition) is 0. The fourth-order valence-electron chi connectivity index (χ4n) is 2.45. The maximum absolute atomic E-state index is 6.68. The van der Waals surface area contributed by atoms with E-state index in [0.717, 1.165) is 10.4 Å². The standard InChI is InChI=1S/C14H12Cl2Si/c1-9-3-5-11-12-6-4-10(2)8-14(12)17(15,16)13(11)7-9/h3-8H,1-2H3. The molecule has 0 aromatic heterocycles. The number of halogens is 2. The number of aryl methyl sites for hydroxylation is 2. The summed E-state index contributed by atoms with van der Waals surface area (Å²) < 4.78 is 0. The summed E-state index contributed by atoms with van der Waals surface area (Å²) in [7, 11) is 0. The minimum absolute atomic E-state index is 1.14. The highest BCUT2D eigenvalue weighted by Gasteiger charge is 2.43. The summed E-state index contributed by atoms with van der Waals surface area (Å²) in [4.78, 5) is 0. The molecule has 3 heteroatoms. The predicted molar refractivity (Wildman–Crippen MR) is 78.1 cm³/mol. The maximum atomic E-state index is 6.68. The average Bonchev–Trinajstić information content (AvgIpc) is 2.49. The quantitative estimate of drug-likeness (QED) is 0.512. The van der Waals surface area contributed by atoms with Gasteiger partial charge in [-0.1, -0.05) is 47.5 Å². The van der Waals surface area contributed by atoms with Gasteiger partial charge in [0.2, 0.25) is 0 Å². The summed E-state index contributed by atoms with van der Waals surface area (Å²) in [5, 5.41) is 2.28. The third kappa shape index (κ3) is 1.57. The van der Waals surface area contributed by atoms with Crippen LogP contribution in [0.25, 0.3) is 11.1 Å². The molecule has 17 heavy (non-hydrogen) atoms. The Hall–Kier alpha value is -0.763. The SMILES string of the molecule is Cc1ccc2c(c1)[Si](Cl)(Cl)c1cc(C)ccc1-2. The molecule has 0 radical (unpaired) electrons. The molecule has 0 saturated heterocycles. The van der Waals surface area contributed by atoms with Crippen LogP contribution in [0.2, 0.25) is 0 Å². The van der Waals surface area contributed by atoms with Crippen LogP contribution in [0.5, 0.6) is 0 Å². The van der Waals surface area contributed by atoms with Gasteiger partial charge < -0.3 is 0 Å². The van der Waals surface area contributed by atoms with Crippen LogP contribution in [0.1, 0.15) is 11.1 Å². The van der Waals surface area contributed by atoms with E-state index in [9.17, 15) is 0 Å². The zero-order chi connectivity index (χ0) is 12.2. The first-order chi connectivity index (χ1) is 8.00. The average molecular weight is 279 g/mol. The van der Waals surface area contributed by atoms with Gasteiger partial charge in [0.15, 0.2) is 0 Å². The predicted octanol–water partition coefficient (Wildman–Crippen LogP) is 3.32. The van der Waals surface area contributed by atoms with E-state index in [-0.39, 0.29) is 0 Å². The second-order valence-corrected chi connectivity index (χ2v) is 10.9. The number of hydrogen-bond acceptors (Lipinski definition) is 0. The lowest BCUT2D eigenvalue weighted by atomic mass is 10.0. The summed E-state index contributed by atoms with van der Waals surface area (Å²) in [6.45, 7) is 1.65. The molecule has 0 bridgehead atoms. The van der Waals surface area contributed by atoms with Crippen LogP contribution in [0.4, 0.5) is 0 Å². The van der Waals surface area contributed by atoms with Crippen molar-refractivity contribution in [2.45, 2.75) is 13.8 Å². The first kappa shape index (κ1) is 11.3. The molecule has 0 amide bonds. The van der Waals surface area contributed by atoms with E-state index in [1.807, 2.05) is 0 Å². The Balaban J connectivity index is 2.37. The van der Waals surface area contributed by atoms with Crippen molar-refractivity contribution in [1.29, 1.82) is 0 Å². The van der Waals surface area contributed by atoms with Crippen LogP contribution in [-0.2, 0) is 0 Å². The molecule has 0 nitrogen and oxygen atoms in total. The maximum Gasteiger partial charge on any atom is 0.311 e. The van der Waals surface area contributed by atoms with E-state index in [0.29, 0.717) is 0 Å². The van der Waals surface area contributed by atoms with Crippen molar-refractivity contribution in [3.05, 3.63) is 47.5 Å². The van der Waals surface area contributed by atoms with Gasteiger partial charge in [0.1, 0.15) is 0 Å². The fourth-order valence-corrected chi connectivity index (χ4v) is 6.55. The molecule has 0 saturated carbocycles. The Morgan fingerprint density at radius 1 is 0.765 bits per heavy atom. The molecule has 0 spiro atoms. The van der Waals surface area contributed by atoms with E-state index in [2.05, 4.69) is 50.2 Å². The first-order valence-electron chi connectivity index (χ1n) is 5.60. The number of rotatable bonds is 0. The molecule has 86 valence electrons. The van der Waals surface area contributed by atoms with Gasteiger partial charge in [-0.3, -0.25) is 0 Å². The monoisotopic (exact) mass is 278 g/mol. The highest BCUT2D eigenvalue weighted by Crippen LogP contribution is 2.33. The van der Waals surface area contributed by atoms with Crippen LogP contribution in [0.15, 0.2) is 36.4 Å².